The van der Waals surface area contributed by atoms with Gasteiger partial charge in [-0.15, -0.1) is 0 Å². The van der Waals surface area contributed by atoms with Crippen LogP contribution in [0.2, 0.25) is 0 Å². The van der Waals surface area contributed by atoms with Crippen LogP contribution >= 0.6 is 0 Å². The van der Waals surface area contributed by atoms with Crippen molar-refractivity contribution in [1.29, 1.82) is 10.5 Å². The van der Waals surface area contributed by atoms with Crippen LogP contribution in [0.4, 0.5) is 0 Å². The van der Waals surface area contributed by atoms with E-state index in [0.29, 0.717) is 0 Å². The van der Waals surface area contributed by atoms with E-state index in [1.165, 1.54) is 0 Å². The Kier molecular flexibility index (Phi) is 183. The molecule has 19 heavy (non-hydrogen) atoms. The molecule has 0 saturated heterocycles. The molecule has 0 aromatic rings. The average Bonchev–Trinajstić information content (AvgIpc) is 2.07. The molecule has 0 saturated carbocycles. The number of nitrogens with zero attached hydrogens (tertiary/aromatic N) is 5. The third kappa shape index (κ3) is 6270. The molecule has 14 nitrogen and oxygen atoms in total. The van der Waals surface area contributed by atoms with Crippen LogP contribution in [0.15, 0.2) is 0 Å². The van der Waals surface area contributed by atoms with Crippen molar-refractivity contribution in [3.05, 3.63) is 59.1 Å². The fourth-order valence-electron chi connectivity index (χ4n) is 0. The minimum absolute atomic E-state index is 0. The Balaban J connectivity index is -0.0000000132. The van der Waals surface area contributed by atoms with Gasteiger partial charge in [-0.1, -0.05) is 0 Å². The summed E-state index contributed by atoms with van der Waals surface area (Å²) in [5, 5.41) is 56.8. The maximum atomic E-state index is 8.25. The predicted molar refractivity (Wildman–Crippen MR) is 41.0 cm³/mol. The van der Waals surface area contributed by atoms with Gasteiger partial charge in [0.15, 0.2) is 0 Å². The molecule has 0 fully saturated rings. The molecule has 0 rings (SSSR count). The number of hydrogen-bond donors (Lipinski definition) is 0. The van der Waals surface area contributed by atoms with Gasteiger partial charge in [0.2, 0.25) is 0 Å². The Hall–Kier alpha value is -0.797. The van der Waals surface area contributed by atoms with E-state index in [-0.39, 0.29) is 84.4 Å². The van der Waals surface area contributed by atoms with Crippen LogP contribution in [0.1, 0.15) is 0 Å². The minimum atomic E-state index is -1.75. The first-order valence-electron chi connectivity index (χ1n) is 2.09. The summed E-state index contributed by atoms with van der Waals surface area (Å²) in [5.41, 5.74) is 0. The first-order chi connectivity index (χ1) is 7.20. The molecule has 0 aromatic heterocycles. The quantitative estimate of drug-likeness (QED) is 0.168. The SMILES string of the molecule is O=[N+]([O-])[O-].O=[N+]([O-])[O-].O=[N+]([O-])[O-].[C-]#N.[C-]#N.[K+].[Ni+2].[Ni+2]. The summed E-state index contributed by atoms with van der Waals surface area (Å²) in [7, 11) is 0. The summed E-state index contributed by atoms with van der Waals surface area (Å²) in [6, 6.07) is 0. The van der Waals surface area contributed by atoms with E-state index in [9.17, 15) is 0 Å². The van der Waals surface area contributed by atoms with E-state index in [4.69, 9.17) is 69.6 Å². The van der Waals surface area contributed by atoms with Crippen LogP contribution in [0.5, 0.6) is 0 Å². The molecule has 0 aliphatic heterocycles. The second kappa shape index (κ2) is 67.1. The summed E-state index contributed by atoms with van der Waals surface area (Å²) in [6.45, 7) is 9.50. The topological polar surface area (TPSA) is 246 Å². The van der Waals surface area contributed by atoms with Crippen molar-refractivity contribution in [2.24, 2.45) is 0 Å². The third-order valence-corrected chi connectivity index (χ3v) is 0. The van der Waals surface area contributed by atoms with Gasteiger partial charge in [0.25, 0.3) is 0 Å². The molecule has 108 valence electrons. The van der Waals surface area contributed by atoms with Crippen molar-refractivity contribution in [1.82, 2.24) is 0 Å². The standard InChI is InChI=1S/2CN.K.3NO3.2Ni/c2*1-2;;3*2-1(3)4;;/q2*-1;+1;3*-1;2*+2. The maximum Gasteiger partial charge on any atom is 2.00 e. The summed E-state index contributed by atoms with van der Waals surface area (Å²) in [4.78, 5) is 24.8. The van der Waals surface area contributed by atoms with Crippen molar-refractivity contribution in [2.75, 3.05) is 0 Å². The van der Waals surface area contributed by atoms with Crippen LogP contribution < -0.4 is 51.4 Å². The van der Waals surface area contributed by atoms with Gasteiger partial charge in [0.05, 0.1) is 15.3 Å². The van der Waals surface area contributed by atoms with Crippen LogP contribution in [0, 0.1) is 69.6 Å². The Morgan fingerprint density at radius 3 is 0.579 bits per heavy atom. The average molecular weight is 395 g/mol. The molecule has 0 N–H and O–H groups in total. The van der Waals surface area contributed by atoms with E-state index < -0.39 is 15.3 Å². The summed E-state index contributed by atoms with van der Waals surface area (Å²) < 4.78 is 0. The van der Waals surface area contributed by atoms with Crippen molar-refractivity contribution in [3.8, 4) is 0 Å². The second-order valence-corrected chi connectivity index (χ2v) is 0.671. The van der Waals surface area contributed by atoms with E-state index in [1.807, 2.05) is 0 Å². The van der Waals surface area contributed by atoms with E-state index in [1.54, 1.807) is 0 Å². The van der Waals surface area contributed by atoms with Crippen molar-refractivity contribution in [3.63, 3.8) is 0 Å². The van der Waals surface area contributed by atoms with Gasteiger partial charge in [0.1, 0.15) is 0 Å². The van der Waals surface area contributed by atoms with Gasteiger partial charge in [-0.25, -0.2) is 0 Å². The molecule has 0 atom stereocenters. The molecule has 17 heteroatoms. The number of hydrogen-bond acceptors (Lipinski definition) is 11. The van der Waals surface area contributed by atoms with Crippen LogP contribution in [-0.4, -0.2) is 15.3 Å². The largest absolute Gasteiger partial charge is 2.00 e. The zero-order valence-corrected chi connectivity index (χ0v) is 13.6. The summed E-state index contributed by atoms with van der Waals surface area (Å²) >= 11 is 0. The summed E-state index contributed by atoms with van der Waals surface area (Å²) in [5.74, 6) is 0. The molecule has 0 unspecified atom stereocenters. The van der Waals surface area contributed by atoms with Crippen molar-refractivity contribution in [2.45, 2.75) is 0 Å². The molecule has 0 spiro atoms. The second-order valence-electron chi connectivity index (χ2n) is 0.671. The molecule has 0 bridgehead atoms. The molecule has 0 amide bonds. The van der Waals surface area contributed by atoms with Gasteiger partial charge in [-0.2, -0.15) is 0 Å². The molecule has 0 aliphatic carbocycles. The molecule has 0 heterocycles. The van der Waals surface area contributed by atoms with Gasteiger partial charge in [0, 0.05) is 0 Å². The molecule has 0 aliphatic rings. The molecular formula is C2KN5Ni2O9. The Bertz CT molecular complexity index is 189. The predicted octanol–water partition coefficient (Wildman–Crippen LogP) is -3.53. The third-order valence-electron chi connectivity index (χ3n) is 0. The van der Waals surface area contributed by atoms with E-state index in [2.05, 4.69) is 0 Å². The van der Waals surface area contributed by atoms with Crippen molar-refractivity contribution < 1.29 is 99.6 Å². The Morgan fingerprint density at radius 2 is 0.579 bits per heavy atom. The zero-order chi connectivity index (χ0) is 14.7. The first kappa shape index (κ1) is 51.7. The monoisotopic (exact) mass is 393 g/mol. The zero-order valence-electron chi connectivity index (χ0n) is 8.54. The van der Waals surface area contributed by atoms with Gasteiger partial charge < -0.3 is 69.6 Å². The number of rotatable bonds is 0. The van der Waals surface area contributed by atoms with Gasteiger partial charge in [-0.3, -0.25) is 0 Å². The van der Waals surface area contributed by atoms with Crippen LogP contribution in [-0.2, 0) is 33.0 Å². The molecule has 0 radical (unpaired) electrons. The fraction of sp³-hybridized carbons (Fsp3) is 0. The summed E-state index contributed by atoms with van der Waals surface area (Å²) in [6.07, 6.45) is 0. The van der Waals surface area contributed by atoms with Crippen molar-refractivity contribution >= 4 is 0 Å². The maximum absolute atomic E-state index is 8.25. The normalized spacial score (nSPS) is 4.00. The first-order valence-corrected chi connectivity index (χ1v) is 2.09. The smallest absolute Gasteiger partial charge is 0.512 e. The fourth-order valence-corrected chi connectivity index (χ4v) is 0. The van der Waals surface area contributed by atoms with Gasteiger partial charge >= 0.3 is 84.4 Å². The van der Waals surface area contributed by atoms with Crippen LogP contribution in [0.25, 0.3) is 0 Å². The Labute approximate surface area is 167 Å². The molecule has 0 aromatic carbocycles. The minimum Gasteiger partial charge on any atom is -0.512 e. The molecular weight excluding hydrogens is 395 g/mol. The van der Waals surface area contributed by atoms with Crippen LogP contribution in [0.3, 0.4) is 0 Å². The van der Waals surface area contributed by atoms with Gasteiger partial charge in [-0.05, 0) is 0 Å². The van der Waals surface area contributed by atoms with E-state index in [0.717, 1.165) is 0 Å². The van der Waals surface area contributed by atoms with E-state index >= 15 is 0 Å². The Morgan fingerprint density at radius 1 is 0.579 bits per heavy atom.